The summed E-state index contributed by atoms with van der Waals surface area (Å²) in [4.78, 5) is 25.7. The third kappa shape index (κ3) is 2.90. The summed E-state index contributed by atoms with van der Waals surface area (Å²) in [5, 5.41) is 14.2. The van der Waals surface area contributed by atoms with Gasteiger partial charge in [0.1, 0.15) is 6.54 Å². The summed E-state index contributed by atoms with van der Waals surface area (Å²) in [6, 6.07) is 5.50. The maximum atomic E-state index is 12.2. The predicted octanol–water partition coefficient (Wildman–Crippen LogP) is 2.45. The summed E-state index contributed by atoms with van der Waals surface area (Å²) in [5.41, 5.74) is 2.50. The van der Waals surface area contributed by atoms with Gasteiger partial charge < -0.3 is 10.1 Å². The standard InChI is InChI=1S/C12H11BrN4O3/c1-7-3-4-9(8(2)5-7)10(18)6-16-11(13)14-12(15-16)17(19)20/h3-5H,6H2,1-2H3. The Morgan fingerprint density at radius 1 is 1.45 bits per heavy atom. The number of Topliss-reactive ketones (excluding diaryl/α,β-unsaturated/α-hetero) is 1. The van der Waals surface area contributed by atoms with E-state index in [0.717, 1.165) is 11.1 Å². The first-order valence-electron chi connectivity index (χ1n) is 5.73. The van der Waals surface area contributed by atoms with Gasteiger partial charge in [0.2, 0.25) is 0 Å². The summed E-state index contributed by atoms with van der Waals surface area (Å²) in [7, 11) is 0. The van der Waals surface area contributed by atoms with Gasteiger partial charge in [0, 0.05) is 26.6 Å². The van der Waals surface area contributed by atoms with Gasteiger partial charge in [-0.05, 0) is 29.3 Å². The number of hydrogen-bond donors (Lipinski definition) is 0. The fraction of sp³-hybridized carbons (Fsp3) is 0.250. The molecule has 0 N–H and O–H groups in total. The molecule has 1 aromatic carbocycles. The molecule has 0 atom stereocenters. The van der Waals surface area contributed by atoms with E-state index in [1.165, 1.54) is 4.68 Å². The number of rotatable bonds is 4. The minimum atomic E-state index is -0.705. The fourth-order valence-corrected chi connectivity index (χ4v) is 2.20. The average Bonchev–Trinajstić information content (AvgIpc) is 2.71. The Hall–Kier alpha value is -2.09. The highest BCUT2D eigenvalue weighted by Crippen LogP contribution is 2.15. The second-order valence-electron chi connectivity index (χ2n) is 4.34. The molecule has 0 spiro atoms. The topological polar surface area (TPSA) is 90.9 Å². The van der Waals surface area contributed by atoms with Crippen molar-refractivity contribution in [2.24, 2.45) is 0 Å². The van der Waals surface area contributed by atoms with Crippen LogP contribution >= 0.6 is 15.9 Å². The molecule has 8 heteroatoms. The smallest absolute Gasteiger partial charge is 0.390 e. The van der Waals surface area contributed by atoms with Crippen molar-refractivity contribution in [3.8, 4) is 0 Å². The highest BCUT2D eigenvalue weighted by atomic mass is 79.9. The number of benzene rings is 1. The Morgan fingerprint density at radius 3 is 2.70 bits per heavy atom. The molecule has 1 heterocycles. The van der Waals surface area contributed by atoms with Gasteiger partial charge in [-0.1, -0.05) is 23.8 Å². The van der Waals surface area contributed by atoms with Crippen LogP contribution in [-0.2, 0) is 6.54 Å². The van der Waals surface area contributed by atoms with Gasteiger partial charge in [-0.15, -0.1) is 0 Å². The van der Waals surface area contributed by atoms with Crippen LogP contribution in [0.2, 0.25) is 0 Å². The van der Waals surface area contributed by atoms with Crippen molar-refractivity contribution in [1.82, 2.24) is 14.8 Å². The minimum Gasteiger partial charge on any atom is -0.390 e. The SMILES string of the molecule is Cc1ccc(C(=O)Cn2nc([N+](=O)[O-])nc2Br)c(C)c1. The molecule has 20 heavy (non-hydrogen) atoms. The lowest BCUT2D eigenvalue weighted by atomic mass is 10.0. The lowest BCUT2D eigenvalue weighted by Crippen LogP contribution is -2.13. The van der Waals surface area contributed by atoms with Crippen LogP contribution in [0.1, 0.15) is 21.5 Å². The van der Waals surface area contributed by atoms with Crippen LogP contribution in [0.4, 0.5) is 5.95 Å². The number of hydrogen-bond acceptors (Lipinski definition) is 5. The summed E-state index contributed by atoms with van der Waals surface area (Å²) in [6.07, 6.45) is 0. The van der Waals surface area contributed by atoms with E-state index >= 15 is 0 Å². The van der Waals surface area contributed by atoms with Crippen LogP contribution in [0, 0.1) is 24.0 Å². The number of carbonyl (C=O) groups is 1. The number of aryl methyl sites for hydroxylation is 2. The molecule has 0 amide bonds. The van der Waals surface area contributed by atoms with Crippen molar-refractivity contribution in [3.63, 3.8) is 0 Å². The van der Waals surface area contributed by atoms with Crippen LogP contribution in [-0.4, -0.2) is 25.5 Å². The van der Waals surface area contributed by atoms with Gasteiger partial charge >= 0.3 is 5.95 Å². The van der Waals surface area contributed by atoms with Gasteiger partial charge in [-0.25, -0.2) is 0 Å². The second-order valence-corrected chi connectivity index (χ2v) is 5.05. The number of carbonyl (C=O) groups excluding carboxylic acids is 1. The van der Waals surface area contributed by atoms with E-state index in [0.29, 0.717) is 5.56 Å². The quantitative estimate of drug-likeness (QED) is 0.485. The van der Waals surface area contributed by atoms with Gasteiger partial charge in [0.05, 0.1) is 0 Å². The van der Waals surface area contributed by atoms with Gasteiger partial charge in [0.25, 0.3) is 4.73 Å². The van der Waals surface area contributed by atoms with Crippen LogP contribution < -0.4 is 0 Å². The monoisotopic (exact) mass is 338 g/mol. The predicted molar refractivity (Wildman–Crippen MR) is 74.6 cm³/mol. The first kappa shape index (κ1) is 14.3. The first-order valence-corrected chi connectivity index (χ1v) is 6.53. The van der Waals surface area contributed by atoms with Crippen LogP contribution in [0.25, 0.3) is 0 Å². The second kappa shape index (κ2) is 5.49. The molecule has 7 nitrogen and oxygen atoms in total. The normalized spacial score (nSPS) is 10.6. The van der Waals surface area contributed by atoms with E-state index in [2.05, 4.69) is 26.0 Å². The van der Waals surface area contributed by atoms with Crippen molar-refractivity contribution in [2.45, 2.75) is 20.4 Å². The third-order valence-electron chi connectivity index (χ3n) is 2.75. The molecular weight excluding hydrogens is 328 g/mol. The van der Waals surface area contributed by atoms with Crippen molar-refractivity contribution in [3.05, 3.63) is 49.7 Å². The van der Waals surface area contributed by atoms with Crippen LogP contribution in [0.15, 0.2) is 22.9 Å². The minimum absolute atomic E-state index is 0.106. The maximum Gasteiger partial charge on any atom is 0.492 e. The number of nitrogens with zero attached hydrogens (tertiary/aromatic N) is 4. The number of aromatic nitrogens is 3. The fourth-order valence-electron chi connectivity index (χ4n) is 1.84. The molecule has 104 valence electrons. The Morgan fingerprint density at radius 2 is 2.15 bits per heavy atom. The van der Waals surface area contributed by atoms with Gasteiger partial charge in [-0.2, -0.15) is 4.68 Å². The largest absolute Gasteiger partial charge is 0.492 e. The molecule has 0 fully saturated rings. The lowest BCUT2D eigenvalue weighted by molar-refractivity contribution is -0.394. The summed E-state index contributed by atoms with van der Waals surface area (Å²) in [6.45, 7) is 3.68. The Balaban J connectivity index is 2.25. The zero-order chi connectivity index (χ0) is 14.9. The van der Waals surface area contributed by atoms with Crippen molar-refractivity contribution >= 4 is 27.7 Å². The molecule has 0 saturated heterocycles. The van der Waals surface area contributed by atoms with E-state index in [-0.39, 0.29) is 17.1 Å². The molecular formula is C12H11BrN4O3. The van der Waals surface area contributed by atoms with Crippen LogP contribution in [0.3, 0.4) is 0 Å². The highest BCUT2D eigenvalue weighted by molar-refractivity contribution is 9.10. The average molecular weight is 339 g/mol. The molecule has 0 saturated carbocycles. The molecule has 2 aromatic rings. The molecule has 0 aliphatic heterocycles. The highest BCUT2D eigenvalue weighted by Gasteiger charge is 2.22. The van der Waals surface area contributed by atoms with Crippen molar-refractivity contribution in [2.75, 3.05) is 0 Å². The maximum absolute atomic E-state index is 12.2. The zero-order valence-corrected chi connectivity index (χ0v) is 12.4. The van der Waals surface area contributed by atoms with Crippen molar-refractivity contribution in [1.29, 1.82) is 0 Å². The van der Waals surface area contributed by atoms with E-state index in [1.54, 1.807) is 6.07 Å². The molecule has 1 aromatic heterocycles. The Labute approximate surface area is 122 Å². The molecule has 0 aliphatic carbocycles. The van der Waals surface area contributed by atoms with E-state index in [4.69, 9.17) is 0 Å². The molecule has 0 radical (unpaired) electrons. The van der Waals surface area contributed by atoms with Gasteiger partial charge in [0.15, 0.2) is 5.78 Å². The van der Waals surface area contributed by atoms with E-state index in [1.807, 2.05) is 26.0 Å². The molecule has 0 unspecified atom stereocenters. The number of halogens is 1. The van der Waals surface area contributed by atoms with Crippen LogP contribution in [0.5, 0.6) is 0 Å². The number of ketones is 1. The first-order chi connectivity index (χ1) is 9.38. The van der Waals surface area contributed by atoms with Gasteiger partial charge in [-0.3, -0.25) is 4.79 Å². The van der Waals surface area contributed by atoms with E-state index in [9.17, 15) is 14.9 Å². The molecule has 2 rings (SSSR count). The summed E-state index contributed by atoms with van der Waals surface area (Å²) < 4.78 is 1.32. The zero-order valence-electron chi connectivity index (χ0n) is 10.8. The summed E-state index contributed by atoms with van der Waals surface area (Å²) in [5.74, 6) is -0.715. The van der Waals surface area contributed by atoms with E-state index < -0.39 is 10.9 Å². The summed E-state index contributed by atoms with van der Waals surface area (Å²) >= 11 is 3.05. The Bertz CT molecular complexity index is 696. The third-order valence-corrected chi connectivity index (χ3v) is 3.34. The molecule has 0 aliphatic rings. The molecule has 0 bridgehead atoms. The Kier molecular flexibility index (Phi) is 3.93. The van der Waals surface area contributed by atoms with Crippen molar-refractivity contribution < 1.29 is 9.72 Å². The lowest BCUT2D eigenvalue weighted by Gasteiger charge is -2.05. The number of nitro groups is 1.